The van der Waals surface area contributed by atoms with Gasteiger partial charge in [-0.15, -0.1) is 0 Å². The van der Waals surface area contributed by atoms with Crippen molar-refractivity contribution in [1.82, 2.24) is 10.3 Å². The Labute approximate surface area is 161 Å². The molecule has 0 saturated heterocycles. The van der Waals surface area contributed by atoms with Crippen molar-refractivity contribution in [3.63, 3.8) is 0 Å². The zero-order valence-electron chi connectivity index (χ0n) is 14.5. The van der Waals surface area contributed by atoms with Gasteiger partial charge in [-0.25, -0.2) is 0 Å². The average Bonchev–Trinajstić information content (AvgIpc) is 3.03. The molecule has 142 valence electrons. The van der Waals surface area contributed by atoms with Crippen LogP contribution in [0.25, 0.3) is 0 Å². The Morgan fingerprint density at radius 3 is 2.78 bits per heavy atom. The number of hydrogen-bond donors (Lipinski definition) is 4. The van der Waals surface area contributed by atoms with E-state index in [0.29, 0.717) is 22.7 Å². The number of phenols is 1. The second-order valence-electron chi connectivity index (χ2n) is 6.51. The van der Waals surface area contributed by atoms with Crippen LogP contribution < -0.4 is 10.6 Å². The molecule has 0 radical (unpaired) electrons. The number of carbonyl (C=O) groups excluding carboxylic acids is 2. The minimum atomic E-state index is -0.540. The maximum atomic E-state index is 12.3. The number of halogens is 1. The summed E-state index contributed by atoms with van der Waals surface area (Å²) in [7, 11) is 0. The zero-order valence-corrected chi connectivity index (χ0v) is 15.2. The molecular formula is C19H20ClN3O4. The van der Waals surface area contributed by atoms with Gasteiger partial charge in [-0.2, -0.15) is 0 Å². The molecule has 2 aromatic rings. The van der Waals surface area contributed by atoms with Crippen molar-refractivity contribution in [2.24, 2.45) is 0 Å². The van der Waals surface area contributed by atoms with Crippen LogP contribution in [0.4, 0.5) is 5.69 Å². The molecule has 27 heavy (non-hydrogen) atoms. The van der Waals surface area contributed by atoms with E-state index < -0.39 is 12.0 Å². The molecule has 1 aromatic carbocycles. The van der Waals surface area contributed by atoms with Crippen molar-refractivity contribution in [2.45, 2.75) is 37.8 Å². The van der Waals surface area contributed by atoms with Crippen molar-refractivity contribution in [2.75, 3.05) is 5.32 Å². The third kappa shape index (κ3) is 4.96. The third-order valence-corrected chi connectivity index (χ3v) is 4.70. The predicted octanol–water partition coefficient (Wildman–Crippen LogP) is 2.26. The number of nitrogens with one attached hydrogen (secondary N) is 2. The number of pyridine rings is 1. The highest BCUT2D eigenvalue weighted by atomic mass is 35.5. The first-order valence-corrected chi connectivity index (χ1v) is 9.02. The van der Waals surface area contributed by atoms with Crippen LogP contribution in [-0.2, 0) is 11.2 Å². The molecule has 3 rings (SSSR count). The summed E-state index contributed by atoms with van der Waals surface area (Å²) < 4.78 is 0. The van der Waals surface area contributed by atoms with Crippen LogP contribution in [0.3, 0.4) is 0 Å². The fraction of sp³-hybridized carbons (Fsp3) is 0.316. The maximum Gasteiger partial charge on any atom is 0.270 e. The summed E-state index contributed by atoms with van der Waals surface area (Å²) in [5.41, 5.74) is 0.966. The summed E-state index contributed by atoms with van der Waals surface area (Å²) in [5, 5.41) is 25.5. The van der Waals surface area contributed by atoms with Gasteiger partial charge in [0.05, 0.1) is 18.6 Å². The first-order chi connectivity index (χ1) is 12.9. The maximum absolute atomic E-state index is 12.3. The molecule has 1 fully saturated rings. The number of benzene rings is 1. The minimum absolute atomic E-state index is 0.0144. The normalized spacial score (nSPS) is 18.9. The van der Waals surface area contributed by atoms with Crippen LogP contribution in [0.1, 0.15) is 35.3 Å². The first kappa shape index (κ1) is 19.1. The summed E-state index contributed by atoms with van der Waals surface area (Å²) in [4.78, 5) is 28.6. The van der Waals surface area contributed by atoms with E-state index >= 15 is 0 Å². The molecule has 4 N–H and O–H groups in total. The largest absolute Gasteiger partial charge is 0.508 e. The molecule has 1 aromatic heterocycles. The lowest BCUT2D eigenvalue weighted by Crippen LogP contribution is -2.40. The number of aromatic nitrogens is 1. The number of phenolic OH excluding ortho intramolecular Hbond substituents is 1. The van der Waals surface area contributed by atoms with Gasteiger partial charge in [0.2, 0.25) is 5.91 Å². The topological polar surface area (TPSA) is 112 Å². The van der Waals surface area contributed by atoms with Crippen LogP contribution >= 0.6 is 11.6 Å². The van der Waals surface area contributed by atoms with Crippen molar-refractivity contribution in [3.05, 3.63) is 52.8 Å². The number of carbonyl (C=O) groups is 2. The van der Waals surface area contributed by atoms with Crippen LogP contribution in [0.5, 0.6) is 5.75 Å². The average molecular weight is 390 g/mol. The van der Waals surface area contributed by atoms with Gasteiger partial charge >= 0.3 is 0 Å². The lowest BCUT2D eigenvalue weighted by atomic mass is 10.1. The van der Waals surface area contributed by atoms with Crippen molar-refractivity contribution < 1.29 is 19.8 Å². The predicted molar refractivity (Wildman–Crippen MR) is 101 cm³/mol. The van der Waals surface area contributed by atoms with E-state index in [9.17, 15) is 19.8 Å². The Morgan fingerprint density at radius 2 is 2.04 bits per heavy atom. The molecule has 0 bridgehead atoms. The standard InChI is InChI=1S/C19H20ClN3O4/c20-12-4-5-16(24)11(8-12)9-18(26)22-13-6-7-21-15(10-13)19(27)23-14-2-1-3-17(14)25/h4-8,10,14,17,24-25H,1-3,9H2,(H,23,27)(H,21,22,26)/t14-,17-/m0/s1. The van der Waals surface area contributed by atoms with Gasteiger partial charge in [-0.1, -0.05) is 11.6 Å². The molecule has 0 spiro atoms. The summed E-state index contributed by atoms with van der Waals surface area (Å²) >= 11 is 5.88. The summed E-state index contributed by atoms with van der Waals surface area (Å²) in [6.45, 7) is 0. The summed E-state index contributed by atoms with van der Waals surface area (Å²) in [6.07, 6.45) is 3.09. The Kier molecular flexibility index (Phi) is 5.93. The first-order valence-electron chi connectivity index (χ1n) is 8.64. The molecule has 7 nitrogen and oxygen atoms in total. The van der Waals surface area contributed by atoms with Gasteiger partial charge in [0, 0.05) is 22.5 Å². The summed E-state index contributed by atoms with van der Waals surface area (Å²) in [6, 6.07) is 7.24. The Morgan fingerprint density at radius 1 is 1.22 bits per heavy atom. The van der Waals surface area contributed by atoms with Gasteiger partial charge < -0.3 is 20.8 Å². The Balaban J connectivity index is 1.63. The molecule has 2 atom stereocenters. The van der Waals surface area contributed by atoms with E-state index in [4.69, 9.17) is 11.6 Å². The minimum Gasteiger partial charge on any atom is -0.508 e. The Bertz CT molecular complexity index is 859. The second kappa shape index (κ2) is 8.37. The van der Waals surface area contributed by atoms with E-state index in [0.717, 1.165) is 12.8 Å². The fourth-order valence-electron chi connectivity index (χ4n) is 3.06. The number of aromatic hydroxyl groups is 1. The Hall–Kier alpha value is -2.64. The monoisotopic (exact) mass is 389 g/mol. The van der Waals surface area contributed by atoms with Crippen LogP contribution in [0, 0.1) is 0 Å². The van der Waals surface area contributed by atoms with Gasteiger partial charge in [0.1, 0.15) is 11.4 Å². The molecule has 8 heteroatoms. The van der Waals surface area contributed by atoms with Crippen molar-refractivity contribution in [1.29, 1.82) is 0 Å². The van der Waals surface area contributed by atoms with Gasteiger partial charge in [-0.3, -0.25) is 14.6 Å². The van der Waals surface area contributed by atoms with Gasteiger partial charge in [0.15, 0.2) is 0 Å². The molecule has 0 unspecified atom stereocenters. The van der Waals surface area contributed by atoms with E-state index in [2.05, 4.69) is 15.6 Å². The van der Waals surface area contributed by atoms with Gasteiger partial charge in [0.25, 0.3) is 5.91 Å². The molecular weight excluding hydrogens is 370 g/mol. The van der Waals surface area contributed by atoms with Crippen LogP contribution in [0.2, 0.25) is 5.02 Å². The number of aliphatic hydroxyl groups excluding tert-OH is 1. The molecule has 1 heterocycles. The molecule has 1 aliphatic rings. The SMILES string of the molecule is O=C(Cc1cc(Cl)ccc1O)Nc1ccnc(C(=O)N[C@H]2CCC[C@@H]2O)c1. The second-order valence-corrected chi connectivity index (χ2v) is 6.94. The lowest BCUT2D eigenvalue weighted by Gasteiger charge is -2.16. The number of anilines is 1. The smallest absolute Gasteiger partial charge is 0.270 e. The van der Waals surface area contributed by atoms with E-state index in [-0.39, 0.29) is 29.8 Å². The van der Waals surface area contributed by atoms with E-state index in [1.54, 1.807) is 6.07 Å². The number of aliphatic hydroxyl groups is 1. The quantitative estimate of drug-likeness (QED) is 0.626. The van der Waals surface area contributed by atoms with Crippen LogP contribution in [-0.4, -0.2) is 39.2 Å². The molecule has 1 saturated carbocycles. The molecule has 2 amide bonds. The number of nitrogens with zero attached hydrogens (tertiary/aromatic N) is 1. The van der Waals surface area contributed by atoms with Crippen molar-refractivity contribution in [3.8, 4) is 5.75 Å². The van der Waals surface area contributed by atoms with E-state index in [1.165, 1.54) is 30.5 Å². The zero-order chi connectivity index (χ0) is 19.4. The molecule has 0 aliphatic heterocycles. The highest BCUT2D eigenvalue weighted by molar-refractivity contribution is 6.30. The van der Waals surface area contributed by atoms with E-state index in [1.807, 2.05) is 0 Å². The highest BCUT2D eigenvalue weighted by Gasteiger charge is 2.27. The molecule has 1 aliphatic carbocycles. The fourth-order valence-corrected chi connectivity index (χ4v) is 3.25. The number of hydrogen-bond acceptors (Lipinski definition) is 5. The summed E-state index contributed by atoms with van der Waals surface area (Å²) in [5.74, 6) is -0.777. The number of rotatable bonds is 5. The van der Waals surface area contributed by atoms with Gasteiger partial charge in [-0.05, 0) is 49.6 Å². The van der Waals surface area contributed by atoms with Crippen LogP contribution in [0.15, 0.2) is 36.5 Å². The number of amides is 2. The van der Waals surface area contributed by atoms with Crippen molar-refractivity contribution >= 4 is 29.1 Å². The lowest BCUT2D eigenvalue weighted by molar-refractivity contribution is -0.115. The highest BCUT2D eigenvalue weighted by Crippen LogP contribution is 2.22. The third-order valence-electron chi connectivity index (χ3n) is 4.46.